The Morgan fingerprint density at radius 3 is 2.86 bits per heavy atom. The summed E-state index contributed by atoms with van der Waals surface area (Å²) in [5, 5.41) is 3.56. The van der Waals surface area contributed by atoms with Gasteiger partial charge < -0.3 is 10.1 Å². The Labute approximate surface area is 87.7 Å². The molecule has 1 aliphatic heterocycles. The highest BCUT2D eigenvalue weighted by molar-refractivity contribution is 4.79. The van der Waals surface area contributed by atoms with Crippen LogP contribution in [0.1, 0.15) is 39.5 Å². The number of rotatable bonds is 6. The topological polar surface area (TPSA) is 21.3 Å². The minimum Gasteiger partial charge on any atom is -0.378 e. The summed E-state index contributed by atoms with van der Waals surface area (Å²) in [6.07, 6.45) is 7.11. The Balaban J connectivity index is 2.13. The predicted octanol–water partition coefficient (Wildman–Crippen LogP) is 2.50. The molecule has 0 radical (unpaired) electrons. The SMILES string of the molecule is C=CCC(C)NC(C)CC1CCCO1. The highest BCUT2D eigenvalue weighted by Crippen LogP contribution is 2.17. The van der Waals surface area contributed by atoms with Crippen molar-refractivity contribution < 1.29 is 4.74 Å². The van der Waals surface area contributed by atoms with Gasteiger partial charge in [0.15, 0.2) is 0 Å². The van der Waals surface area contributed by atoms with Crippen molar-refractivity contribution in [3.8, 4) is 0 Å². The number of hydrogen-bond donors (Lipinski definition) is 1. The second-order valence-electron chi connectivity index (χ2n) is 4.36. The third-order valence-electron chi connectivity index (χ3n) is 2.73. The molecule has 0 spiro atoms. The van der Waals surface area contributed by atoms with E-state index in [1.54, 1.807) is 0 Å². The zero-order chi connectivity index (χ0) is 10.4. The fourth-order valence-electron chi connectivity index (χ4n) is 2.10. The van der Waals surface area contributed by atoms with E-state index in [2.05, 4.69) is 25.7 Å². The van der Waals surface area contributed by atoms with Crippen LogP contribution in [-0.2, 0) is 4.74 Å². The summed E-state index contributed by atoms with van der Waals surface area (Å²) in [7, 11) is 0. The highest BCUT2D eigenvalue weighted by Gasteiger charge is 2.18. The summed E-state index contributed by atoms with van der Waals surface area (Å²) < 4.78 is 5.60. The number of hydrogen-bond acceptors (Lipinski definition) is 2. The molecule has 1 N–H and O–H groups in total. The Bertz CT molecular complexity index is 164. The standard InChI is InChI=1S/C12H23NO/c1-4-6-10(2)13-11(3)9-12-7-5-8-14-12/h4,10-13H,1,5-9H2,2-3H3. The molecule has 0 amide bonds. The second kappa shape index (κ2) is 6.20. The van der Waals surface area contributed by atoms with Crippen molar-refractivity contribution in [1.29, 1.82) is 0 Å². The van der Waals surface area contributed by atoms with Crippen molar-refractivity contribution in [3.63, 3.8) is 0 Å². The lowest BCUT2D eigenvalue weighted by Crippen LogP contribution is -2.36. The first-order chi connectivity index (χ1) is 6.72. The van der Waals surface area contributed by atoms with Gasteiger partial charge >= 0.3 is 0 Å². The lowest BCUT2D eigenvalue weighted by atomic mass is 10.1. The van der Waals surface area contributed by atoms with Crippen LogP contribution in [0.25, 0.3) is 0 Å². The normalized spacial score (nSPS) is 26.0. The van der Waals surface area contributed by atoms with Crippen LogP contribution < -0.4 is 5.32 Å². The number of nitrogens with one attached hydrogen (secondary N) is 1. The molecule has 0 aromatic carbocycles. The van der Waals surface area contributed by atoms with E-state index >= 15 is 0 Å². The largest absolute Gasteiger partial charge is 0.378 e. The van der Waals surface area contributed by atoms with E-state index in [0.717, 1.165) is 19.4 Å². The molecule has 1 aliphatic rings. The molecule has 3 unspecified atom stereocenters. The summed E-state index contributed by atoms with van der Waals surface area (Å²) in [5.41, 5.74) is 0. The van der Waals surface area contributed by atoms with Gasteiger partial charge in [-0.1, -0.05) is 6.08 Å². The third kappa shape index (κ3) is 4.25. The van der Waals surface area contributed by atoms with Crippen LogP contribution in [-0.4, -0.2) is 24.8 Å². The fourth-order valence-corrected chi connectivity index (χ4v) is 2.10. The minimum absolute atomic E-state index is 0.494. The van der Waals surface area contributed by atoms with Crippen molar-refractivity contribution in [2.75, 3.05) is 6.61 Å². The van der Waals surface area contributed by atoms with Crippen LogP contribution in [0.3, 0.4) is 0 Å². The first-order valence-corrected chi connectivity index (χ1v) is 5.71. The molecule has 1 saturated heterocycles. The summed E-state index contributed by atoms with van der Waals surface area (Å²) in [4.78, 5) is 0. The van der Waals surface area contributed by atoms with E-state index in [-0.39, 0.29) is 0 Å². The van der Waals surface area contributed by atoms with Crippen molar-refractivity contribution in [2.24, 2.45) is 0 Å². The second-order valence-corrected chi connectivity index (χ2v) is 4.36. The lowest BCUT2D eigenvalue weighted by molar-refractivity contribution is 0.0953. The maximum Gasteiger partial charge on any atom is 0.0590 e. The molecule has 3 atom stereocenters. The van der Waals surface area contributed by atoms with E-state index < -0.39 is 0 Å². The van der Waals surface area contributed by atoms with Crippen LogP contribution in [0, 0.1) is 0 Å². The maximum absolute atomic E-state index is 5.60. The quantitative estimate of drug-likeness (QED) is 0.661. The van der Waals surface area contributed by atoms with Gasteiger partial charge in [-0.3, -0.25) is 0 Å². The minimum atomic E-state index is 0.494. The van der Waals surface area contributed by atoms with Gasteiger partial charge in [-0.2, -0.15) is 0 Å². The van der Waals surface area contributed by atoms with E-state index in [0.29, 0.717) is 18.2 Å². The molecule has 2 nitrogen and oxygen atoms in total. The van der Waals surface area contributed by atoms with Crippen molar-refractivity contribution in [2.45, 2.75) is 57.7 Å². The first kappa shape index (κ1) is 11.7. The van der Waals surface area contributed by atoms with Gasteiger partial charge in [-0.05, 0) is 39.5 Å². The Kier molecular flexibility index (Phi) is 5.20. The van der Waals surface area contributed by atoms with E-state index in [4.69, 9.17) is 4.74 Å². The van der Waals surface area contributed by atoms with Crippen molar-refractivity contribution in [3.05, 3.63) is 12.7 Å². The van der Waals surface area contributed by atoms with Crippen LogP contribution in [0.15, 0.2) is 12.7 Å². The van der Waals surface area contributed by atoms with Gasteiger partial charge in [0.05, 0.1) is 6.10 Å². The van der Waals surface area contributed by atoms with E-state index in [1.165, 1.54) is 12.8 Å². The Hall–Kier alpha value is -0.340. The fraction of sp³-hybridized carbons (Fsp3) is 0.833. The molecule has 1 rings (SSSR count). The maximum atomic E-state index is 5.60. The summed E-state index contributed by atoms with van der Waals surface area (Å²) in [6, 6.07) is 1.08. The van der Waals surface area contributed by atoms with Crippen LogP contribution in [0.2, 0.25) is 0 Å². The van der Waals surface area contributed by atoms with Gasteiger partial charge in [0.2, 0.25) is 0 Å². The van der Waals surface area contributed by atoms with Gasteiger partial charge in [0.25, 0.3) is 0 Å². The highest BCUT2D eigenvalue weighted by atomic mass is 16.5. The zero-order valence-electron chi connectivity index (χ0n) is 9.46. The molecule has 1 fully saturated rings. The Morgan fingerprint density at radius 2 is 2.29 bits per heavy atom. The van der Waals surface area contributed by atoms with Crippen molar-refractivity contribution in [1.82, 2.24) is 5.32 Å². The molecule has 82 valence electrons. The van der Waals surface area contributed by atoms with Crippen LogP contribution in [0.5, 0.6) is 0 Å². The van der Waals surface area contributed by atoms with Gasteiger partial charge in [-0.25, -0.2) is 0 Å². The van der Waals surface area contributed by atoms with Gasteiger partial charge in [0.1, 0.15) is 0 Å². The van der Waals surface area contributed by atoms with Gasteiger partial charge in [-0.15, -0.1) is 6.58 Å². The summed E-state index contributed by atoms with van der Waals surface area (Å²) >= 11 is 0. The molecular formula is C12H23NO. The predicted molar refractivity (Wildman–Crippen MR) is 60.5 cm³/mol. The monoisotopic (exact) mass is 197 g/mol. The molecule has 14 heavy (non-hydrogen) atoms. The molecule has 1 heterocycles. The van der Waals surface area contributed by atoms with Crippen molar-refractivity contribution >= 4 is 0 Å². The first-order valence-electron chi connectivity index (χ1n) is 5.71. The zero-order valence-corrected chi connectivity index (χ0v) is 9.46. The molecule has 2 heteroatoms. The smallest absolute Gasteiger partial charge is 0.0590 e. The number of ether oxygens (including phenoxy) is 1. The van der Waals surface area contributed by atoms with E-state index in [1.807, 2.05) is 6.08 Å². The molecule has 0 aromatic heterocycles. The summed E-state index contributed by atoms with van der Waals surface area (Å²) in [5.74, 6) is 0. The van der Waals surface area contributed by atoms with Crippen LogP contribution >= 0.6 is 0 Å². The molecule has 0 bridgehead atoms. The third-order valence-corrected chi connectivity index (χ3v) is 2.73. The molecule has 0 aliphatic carbocycles. The molecule has 0 aromatic rings. The molecule has 0 saturated carbocycles. The van der Waals surface area contributed by atoms with Crippen LogP contribution in [0.4, 0.5) is 0 Å². The Morgan fingerprint density at radius 1 is 1.50 bits per heavy atom. The average Bonchev–Trinajstić information content (AvgIpc) is 2.56. The lowest BCUT2D eigenvalue weighted by Gasteiger charge is -2.21. The molecular weight excluding hydrogens is 174 g/mol. The van der Waals surface area contributed by atoms with Gasteiger partial charge in [0, 0.05) is 18.7 Å². The average molecular weight is 197 g/mol. The summed E-state index contributed by atoms with van der Waals surface area (Å²) in [6.45, 7) is 9.14. The van der Waals surface area contributed by atoms with E-state index in [9.17, 15) is 0 Å².